The van der Waals surface area contributed by atoms with Crippen LogP contribution in [0.1, 0.15) is 31.0 Å². The first-order valence-corrected chi connectivity index (χ1v) is 7.51. The van der Waals surface area contributed by atoms with E-state index < -0.39 is 5.54 Å². The lowest BCUT2D eigenvalue weighted by atomic mass is 9.89. The van der Waals surface area contributed by atoms with Gasteiger partial charge in [-0.2, -0.15) is 0 Å². The van der Waals surface area contributed by atoms with Gasteiger partial charge in [-0.25, -0.2) is 0 Å². The monoisotopic (exact) mass is 314 g/mol. The molecule has 2 aromatic carbocycles. The van der Waals surface area contributed by atoms with E-state index in [1.165, 1.54) is 0 Å². The lowest BCUT2D eigenvalue weighted by Crippen LogP contribution is -2.45. The molecule has 0 aliphatic carbocycles. The van der Waals surface area contributed by atoms with Crippen LogP contribution in [-0.2, 0) is 6.54 Å². The molecule has 0 fully saturated rings. The molecule has 0 aliphatic rings. The van der Waals surface area contributed by atoms with Crippen molar-refractivity contribution in [3.63, 3.8) is 0 Å². The van der Waals surface area contributed by atoms with E-state index >= 15 is 0 Å². The van der Waals surface area contributed by atoms with E-state index in [1.54, 1.807) is 21.0 Å². The Morgan fingerprint density at radius 1 is 1.13 bits per heavy atom. The number of hydrogen-bond donors (Lipinski definition) is 1. The zero-order valence-electron chi connectivity index (χ0n) is 13.7. The Labute approximate surface area is 136 Å². The quantitative estimate of drug-likeness (QED) is 0.626. The van der Waals surface area contributed by atoms with Gasteiger partial charge in [0.15, 0.2) is 0 Å². The molecule has 23 heavy (non-hydrogen) atoms. The van der Waals surface area contributed by atoms with E-state index in [1.807, 2.05) is 54.6 Å². The second-order valence-corrected chi connectivity index (χ2v) is 5.98. The van der Waals surface area contributed by atoms with Gasteiger partial charge in [0.2, 0.25) is 5.54 Å². The van der Waals surface area contributed by atoms with E-state index in [9.17, 15) is 10.1 Å². The van der Waals surface area contributed by atoms with Crippen molar-refractivity contribution >= 4 is 0 Å². The van der Waals surface area contributed by atoms with Crippen LogP contribution in [-0.4, -0.2) is 17.6 Å². The lowest BCUT2D eigenvalue weighted by molar-refractivity contribution is -0.566. The fourth-order valence-electron chi connectivity index (χ4n) is 2.49. The van der Waals surface area contributed by atoms with Gasteiger partial charge >= 0.3 is 0 Å². The van der Waals surface area contributed by atoms with Crippen molar-refractivity contribution in [1.82, 2.24) is 5.32 Å². The third-order valence-corrected chi connectivity index (χ3v) is 3.98. The Kier molecular flexibility index (Phi) is 5.34. The van der Waals surface area contributed by atoms with Crippen LogP contribution in [0, 0.1) is 10.1 Å². The Morgan fingerprint density at radius 3 is 2.26 bits per heavy atom. The van der Waals surface area contributed by atoms with Crippen LogP contribution in [0.5, 0.6) is 5.75 Å². The summed E-state index contributed by atoms with van der Waals surface area (Å²) < 4.78 is 5.14. The van der Waals surface area contributed by atoms with Crippen molar-refractivity contribution in [2.45, 2.75) is 32.0 Å². The minimum absolute atomic E-state index is 0.230. The molecule has 0 amide bonds. The number of nitrogens with zero attached hydrogens (tertiary/aromatic N) is 1. The maximum atomic E-state index is 11.5. The van der Waals surface area contributed by atoms with Gasteiger partial charge < -0.3 is 4.74 Å². The normalized spacial score (nSPS) is 12.7. The third-order valence-electron chi connectivity index (χ3n) is 3.98. The summed E-state index contributed by atoms with van der Waals surface area (Å²) >= 11 is 0. The highest BCUT2D eigenvalue weighted by atomic mass is 16.6. The minimum atomic E-state index is -1.12. The van der Waals surface area contributed by atoms with Crippen LogP contribution < -0.4 is 10.1 Å². The Bertz CT molecular complexity index is 639. The Hall–Kier alpha value is -2.40. The highest BCUT2D eigenvalue weighted by Crippen LogP contribution is 2.28. The smallest absolute Gasteiger partial charge is 0.235 e. The number of methoxy groups -OCH3 is 1. The molecule has 5 nitrogen and oxygen atoms in total. The summed E-state index contributed by atoms with van der Waals surface area (Å²) in [6.07, 6.45) is 0. The van der Waals surface area contributed by atoms with Gasteiger partial charge in [-0.3, -0.25) is 15.4 Å². The molecule has 2 rings (SSSR count). The standard InChI is InChI=1S/C18H22N2O3/c1-18(2,20(21)22)17(15-7-5-4-6-8-15)19-13-14-9-11-16(23-3)12-10-14/h4-12,17,19H,13H2,1-3H3/t17-/m0/s1. The van der Waals surface area contributed by atoms with Crippen molar-refractivity contribution in [2.75, 3.05) is 7.11 Å². The summed E-state index contributed by atoms with van der Waals surface area (Å²) in [6, 6.07) is 16.8. The number of rotatable bonds is 7. The van der Waals surface area contributed by atoms with Crippen molar-refractivity contribution in [3.05, 3.63) is 75.8 Å². The molecule has 0 bridgehead atoms. The van der Waals surface area contributed by atoms with Crippen LogP contribution in [0.4, 0.5) is 0 Å². The van der Waals surface area contributed by atoms with Gasteiger partial charge in [-0.05, 0) is 23.3 Å². The molecule has 0 radical (unpaired) electrons. The van der Waals surface area contributed by atoms with Crippen LogP contribution in [0.2, 0.25) is 0 Å². The van der Waals surface area contributed by atoms with Gasteiger partial charge in [0.05, 0.1) is 7.11 Å². The minimum Gasteiger partial charge on any atom is -0.497 e. The fraction of sp³-hybridized carbons (Fsp3) is 0.333. The molecule has 0 aromatic heterocycles. The summed E-state index contributed by atoms with van der Waals surface area (Å²) in [7, 11) is 1.62. The maximum Gasteiger partial charge on any atom is 0.235 e. The van der Waals surface area contributed by atoms with Crippen LogP contribution in [0.15, 0.2) is 54.6 Å². The van der Waals surface area contributed by atoms with Gasteiger partial charge in [0, 0.05) is 25.3 Å². The van der Waals surface area contributed by atoms with E-state index in [0.717, 1.165) is 16.9 Å². The third kappa shape index (κ3) is 4.07. The zero-order valence-corrected chi connectivity index (χ0v) is 13.7. The average Bonchev–Trinajstić information content (AvgIpc) is 2.56. The van der Waals surface area contributed by atoms with Gasteiger partial charge in [-0.15, -0.1) is 0 Å². The topological polar surface area (TPSA) is 64.4 Å². The molecule has 0 unspecified atom stereocenters. The number of benzene rings is 2. The summed E-state index contributed by atoms with van der Waals surface area (Å²) in [4.78, 5) is 11.2. The predicted molar refractivity (Wildman–Crippen MR) is 90.1 cm³/mol. The fourth-order valence-corrected chi connectivity index (χ4v) is 2.49. The molecule has 0 saturated carbocycles. The van der Waals surface area contributed by atoms with Gasteiger partial charge in [-0.1, -0.05) is 42.5 Å². The van der Waals surface area contributed by atoms with Crippen molar-refractivity contribution in [3.8, 4) is 5.75 Å². The molecular weight excluding hydrogens is 292 g/mol. The van der Waals surface area contributed by atoms with Gasteiger partial charge in [0.1, 0.15) is 11.8 Å². The first kappa shape index (κ1) is 17.0. The summed E-state index contributed by atoms with van der Waals surface area (Å²) in [5.74, 6) is 0.791. The molecule has 0 heterocycles. The van der Waals surface area contributed by atoms with E-state index in [2.05, 4.69) is 5.32 Å². The van der Waals surface area contributed by atoms with Crippen LogP contribution >= 0.6 is 0 Å². The van der Waals surface area contributed by atoms with Crippen molar-refractivity contribution in [2.24, 2.45) is 0 Å². The second-order valence-electron chi connectivity index (χ2n) is 5.98. The van der Waals surface area contributed by atoms with E-state index in [-0.39, 0.29) is 11.0 Å². The van der Waals surface area contributed by atoms with Crippen LogP contribution in [0.3, 0.4) is 0 Å². The summed E-state index contributed by atoms with van der Waals surface area (Å²) in [6.45, 7) is 3.83. The molecular formula is C18H22N2O3. The Morgan fingerprint density at radius 2 is 1.74 bits per heavy atom. The Balaban J connectivity index is 2.19. The number of nitro groups is 1. The molecule has 1 N–H and O–H groups in total. The van der Waals surface area contributed by atoms with E-state index in [4.69, 9.17) is 4.74 Å². The average molecular weight is 314 g/mol. The maximum absolute atomic E-state index is 11.5. The predicted octanol–water partition coefficient (Wildman–Crippen LogP) is 3.58. The highest BCUT2D eigenvalue weighted by molar-refractivity contribution is 5.28. The van der Waals surface area contributed by atoms with E-state index in [0.29, 0.717) is 6.54 Å². The largest absolute Gasteiger partial charge is 0.497 e. The molecule has 0 aliphatic heterocycles. The van der Waals surface area contributed by atoms with Crippen LogP contribution in [0.25, 0.3) is 0 Å². The highest BCUT2D eigenvalue weighted by Gasteiger charge is 2.41. The molecule has 0 saturated heterocycles. The summed E-state index contributed by atoms with van der Waals surface area (Å²) in [5, 5.41) is 14.8. The number of nitrogens with one attached hydrogen (secondary N) is 1. The number of ether oxygens (including phenoxy) is 1. The van der Waals surface area contributed by atoms with Crippen molar-refractivity contribution in [1.29, 1.82) is 0 Å². The molecule has 0 spiro atoms. The first-order chi connectivity index (χ1) is 10.9. The molecule has 2 aromatic rings. The SMILES string of the molecule is COc1ccc(CN[C@@H](c2ccccc2)C(C)(C)[N+](=O)[O-])cc1. The molecule has 5 heteroatoms. The van der Waals surface area contributed by atoms with Crippen molar-refractivity contribution < 1.29 is 9.66 Å². The zero-order chi connectivity index (χ0) is 16.9. The second kappa shape index (κ2) is 7.24. The van der Waals surface area contributed by atoms with Gasteiger partial charge in [0.25, 0.3) is 0 Å². The number of hydrogen-bond acceptors (Lipinski definition) is 4. The molecule has 122 valence electrons. The molecule has 1 atom stereocenters. The lowest BCUT2D eigenvalue weighted by Gasteiger charge is -2.28. The summed E-state index contributed by atoms with van der Waals surface area (Å²) in [5.41, 5.74) is 0.835. The first-order valence-electron chi connectivity index (χ1n) is 7.51.